The molecule has 0 spiro atoms. The van der Waals surface area contributed by atoms with Crippen LogP contribution < -0.4 is 0 Å². The Kier molecular flexibility index (Phi) is 4.17. The molecule has 3 atom stereocenters. The van der Waals surface area contributed by atoms with Gasteiger partial charge in [0.15, 0.2) is 0 Å². The summed E-state index contributed by atoms with van der Waals surface area (Å²) in [5, 5.41) is 9.81. The Balaban J connectivity index is 1.70. The molecule has 0 heterocycles. The average Bonchev–Trinajstić information content (AvgIpc) is 3.14. The second kappa shape index (κ2) is 6.10. The van der Waals surface area contributed by atoms with E-state index < -0.39 is 0 Å². The molecule has 22 heavy (non-hydrogen) atoms. The molecule has 2 aromatic carbocycles. The van der Waals surface area contributed by atoms with Crippen LogP contribution in [0.25, 0.3) is 6.08 Å². The molecule has 0 bridgehead atoms. The molecule has 1 aliphatic rings. The number of aliphatic hydroxyl groups is 1. The minimum absolute atomic E-state index is 0.0241. The van der Waals surface area contributed by atoms with Gasteiger partial charge in [-0.15, -0.1) is 0 Å². The van der Waals surface area contributed by atoms with Gasteiger partial charge >= 0.3 is 0 Å². The van der Waals surface area contributed by atoms with Crippen molar-refractivity contribution in [3.05, 3.63) is 77.4 Å². The van der Waals surface area contributed by atoms with Gasteiger partial charge in [-0.25, -0.2) is 0 Å². The van der Waals surface area contributed by atoms with E-state index in [2.05, 4.69) is 74.5 Å². The first-order chi connectivity index (χ1) is 10.6. The first-order valence-corrected chi connectivity index (χ1v) is 8.04. The highest BCUT2D eigenvalue weighted by molar-refractivity contribution is 5.49. The number of rotatable bonds is 5. The Bertz CT molecular complexity index is 641. The highest BCUT2D eigenvalue weighted by atomic mass is 16.3. The van der Waals surface area contributed by atoms with Crippen LogP contribution in [0.5, 0.6) is 0 Å². The van der Waals surface area contributed by atoms with Crippen molar-refractivity contribution in [1.29, 1.82) is 0 Å². The number of hydrogen-bond acceptors (Lipinski definition) is 1. The Hall–Kier alpha value is -1.86. The van der Waals surface area contributed by atoms with Crippen LogP contribution >= 0.6 is 0 Å². The maximum absolute atomic E-state index is 9.81. The first kappa shape index (κ1) is 15.1. The lowest BCUT2D eigenvalue weighted by Gasteiger charge is -2.07. The predicted octanol–water partition coefficient (Wildman–Crippen LogP) is 4.81. The minimum atomic E-state index is 0.0241. The van der Waals surface area contributed by atoms with E-state index in [1.54, 1.807) is 0 Å². The second-order valence-corrected chi connectivity index (χ2v) is 6.71. The molecule has 3 rings (SSSR count). The van der Waals surface area contributed by atoms with Crippen molar-refractivity contribution >= 4 is 6.08 Å². The molecular formula is C21H24O. The van der Waals surface area contributed by atoms with Gasteiger partial charge in [0.25, 0.3) is 0 Å². The van der Waals surface area contributed by atoms with Gasteiger partial charge < -0.3 is 5.11 Å². The lowest BCUT2D eigenvalue weighted by molar-refractivity contribution is 0.209. The third-order valence-electron chi connectivity index (χ3n) is 5.13. The van der Waals surface area contributed by atoms with Crippen molar-refractivity contribution in [1.82, 2.24) is 0 Å². The molecular weight excluding hydrogens is 268 g/mol. The summed E-state index contributed by atoms with van der Waals surface area (Å²) in [6.07, 6.45) is 5.45. The molecule has 1 aliphatic carbocycles. The van der Waals surface area contributed by atoms with Gasteiger partial charge in [-0.1, -0.05) is 79.2 Å². The standard InChI is InChI=1S/C21H24O/c1-16-11-13-18(14-12-16)20-19(21(20,2)15-22)10-6-9-17-7-4-3-5-8-17/h3-9,11-14,19-20,22H,10,15H2,1-2H3/b9-6+/t19-,20-,21+/m1/s1. The molecule has 0 amide bonds. The molecule has 114 valence electrons. The SMILES string of the molecule is Cc1ccc([C@@H]2[C@@H](C/C=C/c3ccccc3)[C@]2(C)CO)cc1. The van der Waals surface area contributed by atoms with Crippen LogP contribution in [0.15, 0.2) is 60.7 Å². The third kappa shape index (κ3) is 2.86. The summed E-state index contributed by atoms with van der Waals surface area (Å²) in [5.74, 6) is 0.999. The third-order valence-corrected chi connectivity index (χ3v) is 5.13. The highest BCUT2D eigenvalue weighted by Gasteiger charge is 2.60. The lowest BCUT2D eigenvalue weighted by Crippen LogP contribution is -2.05. The minimum Gasteiger partial charge on any atom is -0.396 e. The second-order valence-electron chi connectivity index (χ2n) is 6.71. The van der Waals surface area contributed by atoms with Gasteiger partial charge in [0.2, 0.25) is 0 Å². The summed E-state index contributed by atoms with van der Waals surface area (Å²) in [5.41, 5.74) is 3.91. The fourth-order valence-corrected chi connectivity index (χ4v) is 3.58. The molecule has 1 fully saturated rings. The molecule has 2 aromatic rings. The fourth-order valence-electron chi connectivity index (χ4n) is 3.58. The molecule has 1 heteroatoms. The van der Waals surface area contributed by atoms with Crippen LogP contribution in [0.1, 0.15) is 36.0 Å². The van der Waals surface area contributed by atoms with Gasteiger partial charge in [-0.05, 0) is 36.3 Å². The maximum atomic E-state index is 9.81. The largest absolute Gasteiger partial charge is 0.396 e. The zero-order valence-corrected chi connectivity index (χ0v) is 13.4. The Labute approximate surface area is 133 Å². The molecule has 1 N–H and O–H groups in total. The first-order valence-electron chi connectivity index (χ1n) is 8.04. The molecule has 0 unspecified atom stereocenters. The van der Waals surface area contributed by atoms with E-state index >= 15 is 0 Å². The number of hydrogen-bond donors (Lipinski definition) is 1. The smallest absolute Gasteiger partial charge is 0.0493 e. The summed E-state index contributed by atoms with van der Waals surface area (Å²) in [7, 11) is 0. The number of aliphatic hydroxyl groups excluding tert-OH is 1. The van der Waals surface area contributed by atoms with Crippen molar-refractivity contribution in [2.24, 2.45) is 11.3 Å². The zero-order valence-electron chi connectivity index (χ0n) is 13.4. The summed E-state index contributed by atoms with van der Waals surface area (Å²) in [6, 6.07) is 19.2. The highest BCUT2D eigenvalue weighted by Crippen LogP contribution is 2.65. The van der Waals surface area contributed by atoms with Crippen LogP contribution in [0.4, 0.5) is 0 Å². The van der Waals surface area contributed by atoms with Crippen LogP contribution in [0.2, 0.25) is 0 Å². The molecule has 0 aromatic heterocycles. The maximum Gasteiger partial charge on any atom is 0.0493 e. The number of benzene rings is 2. The van der Waals surface area contributed by atoms with E-state index in [4.69, 9.17) is 0 Å². The van der Waals surface area contributed by atoms with Crippen molar-refractivity contribution in [2.75, 3.05) is 6.61 Å². The molecule has 0 saturated heterocycles. The topological polar surface area (TPSA) is 20.2 Å². The summed E-state index contributed by atoms with van der Waals surface area (Å²) < 4.78 is 0. The number of allylic oxidation sites excluding steroid dienone is 1. The predicted molar refractivity (Wildman–Crippen MR) is 92.7 cm³/mol. The molecule has 0 aliphatic heterocycles. The molecule has 1 saturated carbocycles. The van der Waals surface area contributed by atoms with E-state index in [0.29, 0.717) is 11.8 Å². The van der Waals surface area contributed by atoms with Gasteiger partial charge in [-0.2, -0.15) is 0 Å². The fraction of sp³-hybridized carbons (Fsp3) is 0.333. The van der Waals surface area contributed by atoms with Crippen LogP contribution in [0, 0.1) is 18.3 Å². The van der Waals surface area contributed by atoms with Crippen LogP contribution in [0.3, 0.4) is 0 Å². The Morgan fingerprint density at radius 2 is 1.73 bits per heavy atom. The van der Waals surface area contributed by atoms with E-state index in [1.807, 2.05) is 6.07 Å². The van der Waals surface area contributed by atoms with Gasteiger partial charge in [0, 0.05) is 12.0 Å². The normalized spacial score (nSPS) is 27.2. The van der Waals surface area contributed by atoms with Gasteiger partial charge in [-0.3, -0.25) is 0 Å². The molecule has 0 radical (unpaired) electrons. The van der Waals surface area contributed by atoms with Gasteiger partial charge in [0.1, 0.15) is 0 Å². The zero-order chi connectivity index (χ0) is 15.6. The van der Waals surface area contributed by atoms with E-state index in [1.165, 1.54) is 16.7 Å². The van der Waals surface area contributed by atoms with Crippen molar-refractivity contribution in [2.45, 2.75) is 26.2 Å². The summed E-state index contributed by atoms with van der Waals surface area (Å²) >= 11 is 0. The Morgan fingerprint density at radius 1 is 1.05 bits per heavy atom. The van der Waals surface area contributed by atoms with Crippen LogP contribution in [-0.4, -0.2) is 11.7 Å². The van der Waals surface area contributed by atoms with Crippen molar-refractivity contribution in [3.8, 4) is 0 Å². The van der Waals surface area contributed by atoms with Gasteiger partial charge in [0.05, 0.1) is 0 Å². The number of aryl methyl sites for hydroxylation is 1. The Morgan fingerprint density at radius 3 is 2.36 bits per heavy atom. The van der Waals surface area contributed by atoms with E-state index in [9.17, 15) is 5.11 Å². The van der Waals surface area contributed by atoms with E-state index in [0.717, 1.165) is 6.42 Å². The lowest BCUT2D eigenvalue weighted by atomic mass is 10.0. The van der Waals surface area contributed by atoms with Crippen molar-refractivity contribution in [3.63, 3.8) is 0 Å². The van der Waals surface area contributed by atoms with Crippen LogP contribution in [-0.2, 0) is 0 Å². The van der Waals surface area contributed by atoms with E-state index in [-0.39, 0.29) is 12.0 Å². The summed E-state index contributed by atoms with van der Waals surface area (Å²) in [4.78, 5) is 0. The summed E-state index contributed by atoms with van der Waals surface area (Å²) in [6.45, 7) is 4.58. The quantitative estimate of drug-likeness (QED) is 0.838. The monoisotopic (exact) mass is 292 g/mol. The molecule has 1 nitrogen and oxygen atoms in total. The van der Waals surface area contributed by atoms with Crippen molar-refractivity contribution < 1.29 is 5.11 Å². The average molecular weight is 292 g/mol.